The van der Waals surface area contributed by atoms with E-state index in [9.17, 15) is 4.79 Å². The fourth-order valence-electron chi connectivity index (χ4n) is 3.20. The first kappa shape index (κ1) is 18.9. The molecule has 0 saturated heterocycles. The monoisotopic (exact) mass is 406 g/mol. The van der Waals surface area contributed by atoms with Crippen molar-refractivity contribution in [2.24, 2.45) is 0 Å². The molecule has 0 amide bonds. The first-order valence-corrected chi connectivity index (χ1v) is 9.45. The molecule has 1 atom stereocenters. The van der Waals surface area contributed by atoms with Crippen molar-refractivity contribution in [3.05, 3.63) is 81.6 Å². The Kier molecular flexibility index (Phi) is 4.90. The number of hydrogen-bond acceptors (Lipinski definition) is 6. The molecule has 0 bridgehead atoms. The molecule has 2 heterocycles. The summed E-state index contributed by atoms with van der Waals surface area (Å²) < 4.78 is 1.58. The number of rotatable bonds is 4. The Bertz CT molecular complexity index is 1260. The van der Waals surface area contributed by atoms with Crippen LogP contribution >= 0.6 is 11.6 Å². The molecule has 0 aliphatic heterocycles. The quantitative estimate of drug-likeness (QED) is 0.533. The van der Waals surface area contributed by atoms with Gasteiger partial charge in [0.05, 0.1) is 27.7 Å². The van der Waals surface area contributed by atoms with Crippen LogP contribution in [0.1, 0.15) is 24.4 Å². The summed E-state index contributed by atoms with van der Waals surface area (Å²) in [5.74, 6) is 1.52. The van der Waals surface area contributed by atoms with Crippen LogP contribution in [0.4, 0.5) is 11.6 Å². The lowest BCUT2D eigenvalue weighted by Crippen LogP contribution is -2.27. The second-order valence-electron chi connectivity index (χ2n) is 6.68. The highest BCUT2D eigenvalue weighted by Crippen LogP contribution is 2.25. The number of hydrogen-bond donors (Lipinski definition) is 2. The number of aromatic nitrogens is 4. The predicted octanol–water partition coefficient (Wildman–Crippen LogP) is 3.89. The molecule has 8 heteroatoms. The van der Waals surface area contributed by atoms with Gasteiger partial charge in [0, 0.05) is 5.56 Å². The second-order valence-corrected chi connectivity index (χ2v) is 7.09. The van der Waals surface area contributed by atoms with Crippen molar-refractivity contribution in [2.75, 3.05) is 11.1 Å². The average Bonchev–Trinajstić information content (AvgIpc) is 2.71. The van der Waals surface area contributed by atoms with Crippen molar-refractivity contribution >= 4 is 34.1 Å². The predicted molar refractivity (Wildman–Crippen MR) is 116 cm³/mol. The van der Waals surface area contributed by atoms with Crippen LogP contribution in [0.25, 0.3) is 16.6 Å². The van der Waals surface area contributed by atoms with Crippen LogP contribution in [0.5, 0.6) is 0 Å². The SMILES string of the molecule is Cc1c(N)ncnc1NC(C)c1nc2cccc(Cl)c2c(=O)n1-c1ccccc1. The van der Waals surface area contributed by atoms with Crippen molar-refractivity contribution in [2.45, 2.75) is 19.9 Å². The number of nitrogen functional groups attached to an aromatic ring is 1. The average molecular weight is 407 g/mol. The summed E-state index contributed by atoms with van der Waals surface area (Å²) in [7, 11) is 0. The Morgan fingerprint density at radius 1 is 1.10 bits per heavy atom. The van der Waals surface area contributed by atoms with Gasteiger partial charge in [-0.05, 0) is 38.1 Å². The van der Waals surface area contributed by atoms with Gasteiger partial charge < -0.3 is 11.1 Å². The minimum absolute atomic E-state index is 0.227. The molecular formula is C21H19ClN6O. The van der Waals surface area contributed by atoms with Crippen LogP contribution in [0.2, 0.25) is 5.02 Å². The first-order valence-electron chi connectivity index (χ1n) is 9.07. The second kappa shape index (κ2) is 7.52. The molecule has 4 rings (SSSR count). The van der Waals surface area contributed by atoms with Crippen molar-refractivity contribution < 1.29 is 0 Å². The Hall–Kier alpha value is -3.45. The first-order chi connectivity index (χ1) is 14.0. The molecule has 3 N–H and O–H groups in total. The number of nitrogens with zero attached hydrogens (tertiary/aromatic N) is 4. The van der Waals surface area contributed by atoms with E-state index in [2.05, 4.69) is 15.3 Å². The van der Waals surface area contributed by atoms with Gasteiger partial charge in [-0.1, -0.05) is 35.9 Å². The summed E-state index contributed by atoms with van der Waals surface area (Å²) in [6.45, 7) is 3.75. The third-order valence-electron chi connectivity index (χ3n) is 4.75. The van der Waals surface area contributed by atoms with E-state index in [4.69, 9.17) is 22.3 Å². The third kappa shape index (κ3) is 3.40. The summed E-state index contributed by atoms with van der Waals surface area (Å²) in [6.07, 6.45) is 1.40. The minimum atomic E-state index is -0.348. The molecule has 0 saturated carbocycles. The molecular weight excluding hydrogens is 388 g/mol. The lowest BCUT2D eigenvalue weighted by Gasteiger charge is -2.21. The van der Waals surface area contributed by atoms with Gasteiger partial charge in [-0.2, -0.15) is 0 Å². The van der Waals surface area contributed by atoms with Crippen molar-refractivity contribution in [1.82, 2.24) is 19.5 Å². The van der Waals surface area contributed by atoms with Crippen molar-refractivity contribution in [3.8, 4) is 5.69 Å². The minimum Gasteiger partial charge on any atom is -0.383 e. The number of fused-ring (bicyclic) bond motifs is 1. The molecule has 7 nitrogen and oxygen atoms in total. The Morgan fingerprint density at radius 2 is 1.86 bits per heavy atom. The Balaban J connectivity index is 1.93. The molecule has 0 radical (unpaired) electrons. The molecule has 0 aliphatic carbocycles. The number of benzene rings is 2. The van der Waals surface area contributed by atoms with Crippen LogP contribution in [0, 0.1) is 6.92 Å². The third-order valence-corrected chi connectivity index (χ3v) is 5.07. The largest absolute Gasteiger partial charge is 0.383 e. The molecule has 0 spiro atoms. The number of anilines is 2. The topological polar surface area (TPSA) is 98.7 Å². The van der Waals surface area contributed by atoms with Gasteiger partial charge in [-0.15, -0.1) is 0 Å². The van der Waals surface area contributed by atoms with E-state index in [1.165, 1.54) is 6.33 Å². The van der Waals surface area contributed by atoms with E-state index in [0.29, 0.717) is 39.1 Å². The van der Waals surface area contributed by atoms with Crippen LogP contribution in [0.15, 0.2) is 59.7 Å². The summed E-state index contributed by atoms with van der Waals surface area (Å²) >= 11 is 6.32. The normalized spacial score (nSPS) is 12.1. The molecule has 0 aliphatic rings. The standard InChI is InChI=1S/C21H19ClN6O/c1-12-18(23)24-11-25-19(12)26-13(2)20-27-16-10-6-9-15(22)17(16)21(29)28(20)14-7-4-3-5-8-14/h3-11,13H,1-2H3,(H3,23,24,25,26). The van der Waals surface area contributed by atoms with Crippen LogP contribution in [0.3, 0.4) is 0 Å². The highest BCUT2D eigenvalue weighted by molar-refractivity contribution is 6.35. The molecule has 0 fully saturated rings. The molecule has 2 aromatic carbocycles. The summed E-state index contributed by atoms with van der Waals surface area (Å²) in [4.78, 5) is 26.4. The molecule has 1 unspecified atom stereocenters. The zero-order valence-electron chi connectivity index (χ0n) is 15.9. The number of nitrogens with one attached hydrogen (secondary N) is 1. The highest BCUT2D eigenvalue weighted by Gasteiger charge is 2.20. The van der Waals surface area contributed by atoms with E-state index in [0.717, 1.165) is 5.56 Å². The maximum absolute atomic E-state index is 13.4. The van der Waals surface area contributed by atoms with Gasteiger partial charge in [-0.25, -0.2) is 15.0 Å². The van der Waals surface area contributed by atoms with Crippen molar-refractivity contribution in [1.29, 1.82) is 0 Å². The van der Waals surface area contributed by atoms with E-state index in [-0.39, 0.29) is 11.6 Å². The van der Waals surface area contributed by atoms with Gasteiger partial charge >= 0.3 is 0 Å². The smallest absolute Gasteiger partial charge is 0.267 e. The van der Waals surface area contributed by atoms with Gasteiger partial charge in [-0.3, -0.25) is 9.36 Å². The summed E-state index contributed by atoms with van der Waals surface area (Å²) in [5.41, 5.74) is 7.64. The maximum Gasteiger partial charge on any atom is 0.267 e. The molecule has 146 valence electrons. The van der Waals surface area contributed by atoms with Crippen LogP contribution in [-0.4, -0.2) is 19.5 Å². The molecule has 29 heavy (non-hydrogen) atoms. The van der Waals surface area contributed by atoms with E-state index < -0.39 is 0 Å². The van der Waals surface area contributed by atoms with Crippen molar-refractivity contribution in [3.63, 3.8) is 0 Å². The zero-order chi connectivity index (χ0) is 20.5. The fraction of sp³-hybridized carbons (Fsp3) is 0.143. The molecule has 2 aromatic heterocycles. The van der Waals surface area contributed by atoms with Gasteiger partial charge in [0.15, 0.2) is 0 Å². The number of para-hydroxylation sites is 1. The lowest BCUT2D eigenvalue weighted by atomic mass is 10.2. The van der Waals surface area contributed by atoms with Gasteiger partial charge in [0.2, 0.25) is 0 Å². The van der Waals surface area contributed by atoms with Gasteiger partial charge in [0.25, 0.3) is 5.56 Å². The number of halogens is 1. The number of nitrogens with two attached hydrogens (primary N) is 1. The highest BCUT2D eigenvalue weighted by atomic mass is 35.5. The van der Waals surface area contributed by atoms with Crippen LogP contribution < -0.4 is 16.6 Å². The van der Waals surface area contributed by atoms with Crippen LogP contribution in [-0.2, 0) is 0 Å². The zero-order valence-corrected chi connectivity index (χ0v) is 16.7. The molecule has 4 aromatic rings. The van der Waals surface area contributed by atoms with E-state index >= 15 is 0 Å². The summed E-state index contributed by atoms with van der Waals surface area (Å²) in [6, 6.07) is 14.3. The lowest BCUT2D eigenvalue weighted by molar-refractivity contribution is 0.730. The van der Waals surface area contributed by atoms with Gasteiger partial charge in [0.1, 0.15) is 23.8 Å². The van der Waals surface area contributed by atoms with E-state index in [1.54, 1.807) is 22.8 Å². The fourth-order valence-corrected chi connectivity index (χ4v) is 3.45. The maximum atomic E-state index is 13.4. The van der Waals surface area contributed by atoms with E-state index in [1.807, 2.05) is 44.2 Å². The Morgan fingerprint density at radius 3 is 2.62 bits per heavy atom. The summed E-state index contributed by atoms with van der Waals surface area (Å²) in [5, 5.41) is 4.05. The Labute approximate surface area is 172 Å².